The number of ether oxygens (including phenoxy) is 2. The van der Waals surface area contributed by atoms with Gasteiger partial charge in [0.25, 0.3) is 5.91 Å². The van der Waals surface area contributed by atoms with Crippen molar-refractivity contribution < 1.29 is 19.4 Å². The van der Waals surface area contributed by atoms with Crippen LogP contribution in [0.25, 0.3) is 0 Å². The van der Waals surface area contributed by atoms with Gasteiger partial charge in [0, 0.05) is 0 Å². The normalized spacial score (nSPS) is 14.9. The first kappa shape index (κ1) is 17.8. The van der Waals surface area contributed by atoms with Crippen molar-refractivity contribution in [3.8, 4) is 17.6 Å². The number of carbonyl (C=O) groups is 1. The van der Waals surface area contributed by atoms with Gasteiger partial charge in [0.15, 0.2) is 6.10 Å². The van der Waals surface area contributed by atoms with Crippen LogP contribution in [0.5, 0.6) is 11.5 Å². The molecule has 2 aromatic rings. The molecule has 1 unspecified atom stereocenters. The van der Waals surface area contributed by atoms with Gasteiger partial charge in [0.1, 0.15) is 17.6 Å². The van der Waals surface area contributed by atoms with E-state index in [4.69, 9.17) is 19.8 Å². The fourth-order valence-electron chi connectivity index (χ4n) is 2.72. The summed E-state index contributed by atoms with van der Waals surface area (Å²) in [7, 11) is 0. The number of likely N-dealkylation sites (tertiary alicyclic amines) is 1. The number of nitrogens with zero attached hydrogens (tertiary/aromatic N) is 2. The van der Waals surface area contributed by atoms with E-state index in [1.165, 1.54) is 0 Å². The Kier molecular flexibility index (Phi) is 5.40. The van der Waals surface area contributed by atoms with Gasteiger partial charge in [0.05, 0.1) is 31.3 Å². The van der Waals surface area contributed by atoms with Gasteiger partial charge < -0.3 is 19.5 Å². The summed E-state index contributed by atoms with van der Waals surface area (Å²) in [5.41, 5.74) is 1.32. The molecule has 0 spiro atoms. The number of amides is 1. The summed E-state index contributed by atoms with van der Waals surface area (Å²) < 4.78 is 11.5. The van der Waals surface area contributed by atoms with Crippen molar-refractivity contribution in [2.45, 2.75) is 25.7 Å². The van der Waals surface area contributed by atoms with E-state index in [2.05, 4.69) is 6.07 Å². The lowest BCUT2D eigenvalue weighted by atomic mass is 10.1. The Balaban J connectivity index is 1.48. The smallest absolute Gasteiger partial charge is 0.263 e. The molecule has 1 fully saturated rings. The Morgan fingerprint density at radius 2 is 2.00 bits per heavy atom. The summed E-state index contributed by atoms with van der Waals surface area (Å²) in [5.74, 6) is 1.15. The third-order valence-electron chi connectivity index (χ3n) is 4.19. The fourth-order valence-corrected chi connectivity index (χ4v) is 2.72. The summed E-state index contributed by atoms with van der Waals surface area (Å²) in [5, 5.41) is 18.0. The van der Waals surface area contributed by atoms with E-state index in [-0.39, 0.29) is 18.6 Å². The van der Waals surface area contributed by atoms with Gasteiger partial charge in [-0.25, -0.2) is 0 Å². The Morgan fingerprint density at radius 3 is 2.65 bits per heavy atom. The molecule has 1 saturated heterocycles. The van der Waals surface area contributed by atoms with Crippen LogP contribution in [0.1, 0.15) is 18.1 Å². The molecule has 1 heterocycles. The minimum absolute atomic E-state index is 0.0585. The van der Waals surface area contributed by atoms with Crippen molar-refractivity contribution in [1.29, 1.82) is 5.26 Å². The average molecular weight is 352 g/mol. The van der Waals surface area contributed by atoms with E-state index >= 15 is 0 Å². The van der Waals surface area contributed by atoms with E-state index in [1.54, 1.807) is 60.4 Å². The number of hydrogen-bond donors (Lipinski definition) is 1. The first-order valence-corrected chi connectivity index (χ1v) is 8.41. The second-order valence-corrected chi connectivity index (χ2v) is 6.18. The van der Waals surface area contributed by atoms with Crippen LogP contribution in [0.3, 0.4) is 0 Å². The highest BCUT2D eigenvalue weighted by Crippen LogP contribution is 2.21. The van der Waals surface area contributed by atoms with E-state index in [9.17, 15) is 4.79 Å². The van der Waals surface area contributed by atoms with Crippen LogP contribution >= 0.6 is 0 Å². The van der Waals surface area contributed by atoms with E-state index in [1.807, 2.05) is 0 Å². The molecular weight excluding hydrogens is 332 g/mol. The highest BCUT2D eigenvalue weighted by Gasteiger charge is 2.35. The molecule has 1 amide bonds. The molecule has 0 aromatic heterocycles. The van der Waals surface area contributed by atoms with Crippen LogP contribution in [0.2, 0.25) is 0 Å². The van der Waals surface area contributed by atoms with Crippen LogP contribution in [-0.4, -0.2) is 41.2 Å². The zero-order valence-electron chi connectivity index (χ0n) is 14.5. The lowest BCUT2D eigenvalue weighted by Crippen LogP contribution is -2.58. The van der Waals surface area contributed by atoms with Gasteiger partial charge in [0.2, 0.25) is 0 Å². The molecule has 0 bridgehead atoms. The van der Waals surface area contributed by atoms with Gasteiger partial charge in [-0.05, 0) is 48.9 Å². The van der Waals surface area contributed by atoms with Gasteiger partial charge in [-0.1, -0.05) is 12.1 Å². The lowest BCUT2D eigenvalue weighted by molar-refractivity contribution is -0.146. The number of aliphatic hydroxyl groups is 1. The third-order valence-corrected chi connectivity index (χ3v) is 4.19. The highest BCUT2D eigenvalue weighted by atomic mass is 16.5. The predicted octanol–water partition coefficient (Wildman–Crippen LogP) is 2.11. The maximum atomic E-state index is 12.4. The average Bonchev–Trinajstić information content (AvgIpc) is 2.64. The van der Waals surface area contributed by atoms with Crippen LogP contribution in [0.4, 0.5) is 0 Å². The lowest BCUT2D eigenvalue weighted by Gasteiger charge is -2.40. The van der Waals surface area contributed by atoms with Crippen molar-refractivity contribution in [3.05, 3.63) is 59.7 Å². The molecule has 0 radical (unpaired) electrons. The molecule has 3 rings (SSSR count). The first-order chi connectivity index (χ1) is 12.6. The Hall–Kier alpha value is -3.04. The van der Waals surface area contributed by atoms with Crippen molar-refractivity contribution in [1.82, 2.24) is 4.90 Å². The Labute approximate surface area is 152 Å². The van der Waals surface area contributed by atoms with Crippen LogP contribution < -0.4 is 9.47 Å². The van der Waals surface area contributed by atoms with Gasteiger partial charge >= 0.3 is 0 Å². The van der Waals surface area contributed by atoms with Crippen molar-refractivity contribution >= 4 is 5.91 Å². The number of rotatable bonds is 6. The maximum absolute atomic E-state index is 12.4. The van der Waals surface area contributed by atoms with E-state index in [0.29, 0.717) is 30.2 Å². The molecule has 0 aliphatic carbocycles. The minimum Gasteiger partial charge on any atom is -0.487 e. The number of nitriles is 1. The maximum Gasteiger partial charge on any atom is 0.263 e. The van der Waals surface area contributed by atoms with Gasteiger partial charge in [-0.15, -0.1) is 0 Å². The van der Waals surface area contributed by atoms with E-state index in [0.717, 1.165) is 5.56 Å². The second kappa shape index (κ2) is 7.89. The third kappa shape index (κ3) is 4.13. The topological polar surface area (TPSA) is 82.8 Å². The zero-order chi connectivity index (χ0) is 18.5. The number of aliphatic hydroxyl groups excluding tert-OH is 1. The summed E-state index contributed by atoms with van der Waals surface area (Å²) in [4.78, 5) is 14.1. The SMILES string of the molecule is CC(Oc1cccc(CO)c1)C(=O)N1CC(Oc2ccc(C#N)cc2)C1. The van der Waals surface area contributed by atoms with Crippen molar-refractivity contribution in [2.24, 2.45) is 0 Å². The van der Waals surface area contributed by atoms with Crippen LogP contribution in [0, 0.1) is 11.3 Å². The van der Waals surface area contributed by atoms with E-state index < -0.39 is 6.10 Å². The largest absolute Gasteiger partial charge is 0.487 e. The molecule has 0 saturated carbocycles. The predicted molar refractivity (Wildman–Crippen MR) is 94.6 cm³/mol. The molecule has 6 nitrogen and oxygen atoms in total. The van der Waals surface area contributed by atoms with Crippen molar-refractivity contribution in [2.75, 3.05) is 13.1 Å². The molecule has 134 valence electrons. The number of carbonyl (C=O) groups excluding carboxylic acids is 1. The molecule has 6 heteroatoms. The highest BCUT2D eigenvalue weighted by molar-refractivity contribution is 5.81. The molecule has 1 N–H and O–H groups in total. The second-order valence-electron chi connectivity index (χ2n) is 6.18. The summed E-state index contributed by atoms with van der Waals surface area (Å²) >= 11 is 0. The number of benzene rings is 2. The van der Waals surface area contributed by atoms with Gasteiger partial charge in [-0.2, -0.15) is 5.26 Å². The Bertz CT molecular complexity index is 807. The fraction of sp³-hybridized carbons (Fsp3) is 0.300. The molecule has 1 atom stereocenters. The Morgan fingerprint density at radius 1 is 1.27 bits per heavy atom. The summed E-state index contributed by atoms with van der Waals surface area (Å²) in [6.07, 6.45) is -0.670. The molecule has 1 aliphatic rings. The summed E-state index contributed by atoms with van der Waals surface area (Å²) in [6, 6.07) is 16.0. The van der Waals surface area contributed by atoms with Gasteiger partial charge in [-0.3, -0.25) is 4.79 Å². The monoisotopic (exact) mass is 352 g/mol. The zero-order valence-corrected chi connectivity index (χ0v) is 14.5. The first-order valence-electron chi connectivity index (χ1n) is 8.41. The molecule has 26 heavy (non-hydrogen) atoms. The van der Waals surface area contributed by atoms with Crippen LogP contribution in [0.15, 0.2) is 48.5 Å². The molecule has 2 aromatic carbocycles. The quantitative estimate of drug-likeness (QED) is 0.861. The minimum atomic E-state index is -0.611. The van der Waals surface area contributed by atoms with Crippen LogP contribution in [-0.2, 0) is 11.4 Å². The number of hydrogen-bond acceptors (Lipinski definition) is 5. The molecule has 1 aliphatic heterocycles. The molecular formula is C20H20N2O4. The van der Waals surface area contributed by atoms with Crippen molar-refractivity contribution in [3.63, 3.8) is 0 Å². The standard InChI is InChI=1S/C20H20N2O4/c1-14(25-18-4-2-3-16(9-18)13-23)20(24)22-11-19(12-22)26-17-7-5-15(10-21)6-8-17/h2-9,14,19,23H,11-13H2,1H3. The summed E-state index contributed by atoms with van der Waals surface area (Å²) in [6.45, 7) is 2.65.